The molecule has 0 aliphatic carbocycles. The highest BCUT2D eigenvalue weighted by Gasteiger charge is 2.50. The molecule has 2 aliphatic heterocycles. The van der Waals surface area contributed by atoms with E-state index in [4.69, 9.17) is 14.2 Å². The van der Waals surface area contributed by atoms with Crippen LogP contribution in [0.15, 0.2) is 66.7 Å². The third-order valence-electron chi connectivity index (χ3n) is 6.44. The van der Waals surface area contributed by atoms with Gasteiger partial charge in [-0.1, -0.05) is 30.3 Å². The number of benzene rings is 3. The summed E-state index contributed by atoms with van der Waals surface area (Å²) in [6.07, 6.45) is 0.547. The largest absolute Gasteiger partial charge is 0.497 e. The minimum Gasteiger partial charge on any atom is -0.497 e. The van der Waals surface area contributed by atoms with Crippen molar-refractivity contribution in [2.45, 2.75) is 31.7 Å². The molecule has 3 aromatic carbocycles. The van der Waals surface area contributed by atoms with Crippen molar-refractivity contribution < 1.29 is 23.8 Å². The molecular weight excluding hydrogens is 446 g/mol. The zero-order valence-corrected chi connectivity index (χ0v) is 19.8. The van der Waals surface area contributed by atoms with E-state index in [-0.39, 0.29) is 18.0 Å². The maximum absolute atomic E-state index is 13.2. The van der Waals surface area contributed by atoms with Crippen LogP contribution in [0.3, 0.4) is 0 Å². The van der Waals surface area contributed by atoms with Crippen molar-refractivity contribution in [2.75, 3.05) is 19.1 Å². The van der Waals surface area contributed by atoms with Crippen molar-refractivity contribution in [1.82, 2.24) is 10.6 Å². The second-order valence-electron chi connectivity index (χ2n) is 8.78. The summed E-state index contributed by atoms with van der Waals surface area (Å²) in [6.45, 7) is 2.23. The molecule has 3 amide bonds. The van der Waals surface area contributed by atoms with Crippen LogP contribution in [0.5, 0.6) is 17.2 Å². The highest BCUT2D eigenvalue weighted by Crippen LogP contribution is 2.49. The molecule has 2 heterocycles. The second-order valence-corrected chi connectivity index (χ2v) is 8.78. The molecule has 0 aromatic heterocycles. The Morgan fingerprint density at radius 3 is 2.71 bits per heavy atom. The second kappa shape index (κ2) is 8.87. The molecule has 0 unspecified atom stereocenters. The molecule has 180 valence electrons. The van der Waals surface area contributed by atoms with Crippen LogP contribution >= 0.6 is 0 Å². The molecule has 0 saturated carbocycles. The molecule has 2 aliphatic rings. The molecule has 1 saturated heterocycles. The van der Waals surface area contributed by atoms with Gasteiger partial charge in [-0.15, -0.1) is 0 Å². The van der Waals surface area contributed by atoms with E-state index in [9.17, 15) is 9.59 Å². The Kier molecular flexibility index (Phi) is 5.72. The van der Waals surface area contributed by atoms with Crippen molar-refractivity contribution in [3.05, 3.63) is 83.4 Å². The number of ether oxygens (including phenoxy) is 3. The van der Waals surface area contributed by atoms with Gasteiger partial charge in [0.25, 0.3) is 5.91 Å². The summed E-state index contributed by atoms with van der Waals surface area (Å²) in [7, 11) is 3.20. The fraction of sp³-hybridized carbons (Fsp3) is 0.259. The zero-order chi connectivity index (χ0) is 24.6. The fourth-order valence-electron chi connectivity index (χ4n) is 4.76. The summed E-state index contributed by atoms with van der Waals surface area (Å²) in [5.41, 5.74) is 1.87. The lowest BCUT2D eigenvalue weighted by atomic mass is 9.89. The molecule has 8 nitrogen and oxygen atoms in total. The molecule has 0 spiro atoms. The lowest BCUT2D eigenvalue weighted by Gasteiger charge is -2.50. The Morgan fingerprint density at radius 2 is 1.91 bits per heavy atom. The molecule has 3 aromatic rings. The highest BCUT2D eigenvalue weighted by atomic mass is 16.5. The monoisotopic (exact) mass is 473 g/mol. The lowest BCUT2D eigenvalue weighted by molar-refractivity contribution is 0.0349. The number of fused-ring (bicyclic) bond motifs is 4. The van der Waals surface area contributed by atoms with Gasteiger partial charge in [-0.2, -0.15) is 0 Å². The number of nitrogens with one attached hydrogen (secondary N) is 2. The smallest absolute Gasteiger partial charge is 0.325 e. The van der Waals surface area contributed by atoms with Gasteiger partial charge in [0.1, 0.15) is 5.75 Å². The molecule has 2 N–H and O–H groups in total. The summed E-state index contributed by atoms with van der Waals surface area (Å²) in [4.78, 5) is 27.7. The van der Waals surface area contributed by atoms with Gasteiger partial charge in [-0.3, -0.25) is 9.69 Å². The van der Waals surface area contributed by atoms with Crippen LogP contribution in [-0.4, -0.2) is 31.9 Å². The van der Waals surface area contributed by atoms with Crippen molar-refractivity contribution in [2.24, 2.45) is 0 Å². The van der Waals surface area contributed by atoms with E-state index in [1.807, 2.05) is 49.4 Å². The zero-order valence-electron chi connectivity index (χ0n) is 19.8. The lowest BCUT2D eigenvalue weighted by Crippen LogP contribution is -2.65. The first-order chi connectivity index (χ1) is 16.9. The number of para-hydroxylation sites is 1. The highest BCUT2D eigenvalue weighted by molar-refractivity contribution is 5.99. The number of hydrogen-bond donors (Lipinski definition) is 2. The molecule has 2 bridgehead atoms. The van der Waals surface area contributed by atoms with E-state index in [1.54, 1.807) is 43.4 Å². The summed E-state index contributed by atoms with van der Waals surface area (Å²) in [6, 6.07) is 19.7. The Hall–Kier alpha value is -4.20. The first-order valence-corrected chi connectivity index (χ1v) is 11.4. The predicted octanol–water partition coefficient (Wildman–Crippen LogP) is 4.40. The average Bonchev–Trinajstić information content (AvgIpc) is 2.86. The summed E-state index contributed by atoms with van der Waals surface area (Å²) < 4.78 is 17.1. The topological polar surface area (TPSA) is 89.1 Å². The number of methoxy groups -OCH3 is 2. The average molecular weight is 474 g/mol. The van der Waals surface area contributed by atoms with Gasteiger partial charge in [0.2, 0.25) is 0 Å². The number of amides is 3. The first-order valence-electron chi connectivity index (χ1n) is 11.4. The third-order valence-corrected chi connectivity index (χ3v) is 6.44. The molecule has 35 heavy (non-hydrogen) atoms. The van der Waals surface area contributed by atoms with Crippen molar-refractivity contribution in [1.29, 1.82) is 0 Å². The maximum Gasteiger partial charge on any atom is 0.325 e. The van der Waals surface area contributed by atoms with Crippen LogP contribution in [0.1, 0.15) is 40.9 Å². The van der Waals surface area contributed by atoms with Crippen LogP contribution in [0.25, 0.3) is 0 Å². The van der Waals surface area contributed by atoms with Crippen LogP contribution in [0, 0.1) is 0 Å². The molecule has 5 rings (SSSR count). The number of carbonyl (C=O) groups excluding carboxylic acids is 2. The van der Waals surface area contributed by atoms with Gasteiger partial charge in [0, 0.05) is 24.1 Å². The summed E-state index contributed by atoms with van der Waals surface area (Å²) >= 11 is 0. The predicted molar refractivity (Wildman–Crippen MR) is 131 cm³/mol. The Balaban J connectivity index is 1.39. The maximum atomic E-state index is 13.2. The van der Waals surface area contributed by atoms with Gasteiger partial charge in [-0.05, 0) is 48.9 Å². The molecule has 2 atom stereocenters. The molecule has 1 fully saturated rings. The quantitative estimate of drug-likeness (QED) is 0.554. The molecular formula is C27H27N3O5. The van der Waals surface area contributed by atoms with Crippen LogP contribution in [0.2, 0.25) is 0 Å². The van der Waals surface area contributed by atoms with E-state index in [0.29, 0.717) is 35.7 Å². The van der Waals surface area contributed by atoms with Gasteiger partial charge < -0.3 is 24.8 Å². The number of rotatable bonds is 6. The van der Waals surface area contributed by atoms with Crippen LogP contribution in [0.4, 0.5) is 10.5 Å². The number of hydrogen-bond acceptors (Lipinski definition) is 5. The Bertz CT molecular complexity index is 1290. The minimum atomic E-state index is -0.954. The number of nitrogens with zero attached hydrogens (tertiary/aromatic N) is 1. The van der Waals surface area contributed by atoms with E-state index in [0.717, 1.165) is 16.9 Å². The number of urea groups is 1. The third kappa shape index (κ3) is 4.12. The normalized spacial score (nSPS) is 20.3. The van der Waals surface area contributed by atoms with Gasteiger partial charge in [-0.25, -0.2) is 4.79 Å². The SMILES string of the molecule is COc1cccc(CNC(=O)c2cccc(N3C(=O)N[C@H]4C[C@@]3(C)Oc3c(OC)cccc34)c2)c1. The van der Waals surface area contributed by atoms with Crippen molar-refractivity contribution >= 4 is 17.6 Å². The van der Waals surface area contributed by atoms with Gasteiger partial charge in [0.05, 0.1) is 25.9 Å². The Labute approximate surface area is 203 Å². The van der Waals surface area contributed by atoms with E-state index in [1.165, 1.54) is 0 Å². The Morgan fingerprint density at radius 1 is 1.11 bits per heavy atom. The fourth-order valence-corrected chi connectivity index (χ4v) is 4.76. The summed E-state index contributed by atoms with van der Waals surface area (Å²) in [5.74, 6) is 1.71. The van der Waals surface area contributed by atoms with Gasteiger partial charge >= 0.3 is 6.03 Å². The van der Waals surface area contributed by atoms with Crippen LogP contribution < -0.4 is 29.7 Å². The van der Waals surface area contributed by atoms with E-state index < -0.39 is 5.72 Å². The summed E-state index contributed by atoms with van der Waals surface area (Å²) in [5, 5.41) is 6.00. The number of anilines is 1. The van der Waals surface area contributed by atoms with Crippen LogP contribution in [-0.2, 0) is 6.54 Å². The van der Waals surface area contributed by atoms with Crippen molar-refractivity contribution in [3.8, 4) is 17.2 Å². The standard InChI is InChI=1S/C27H27N3O5/c1-27-15-22(21-11-6-12-23(34-3)24(21)35-27)29-26(32)30(27)19-9-5-8-18(14-19)25(31)28-16-17-7-4-10-20(13-17)33-2/h4-14,22H,15-16H2,1-3H3,(H,28,31)(H,29,32)/t22-,27+/m0/s1. The molecule has 8 heteroatoms. The molecule has 0 radical (unpaired) electrons. The van der Waals surface area contributed by atoms with Gasteiger partial charge in [0.15, 0.2) is 17.2 Å². The van der Waals surface area contributed by atoms with E-state index in [2.05, 4.69) is 10.6 Å². The number of carbonyl (C=O) groups is 2. The van der Waals surface area contributed by atoms with E-state index >= 15 is 0 Å². The minimum absolute atomic E-state index is 0.197. The van der Waals surface area contributed by atoms with Crippen molar-refractivity contribution in [3.63, 3.8) is 0 Å². The first kappa shape index (κ1) is 22.6.